The highest BCUT2D eigenvalue weighted by Crippen LogP contribution is 2.24. The number of hydrogen-bond donors (Lipinski definition) is 3. The Hall–Kier alpha value is -1.11. The first-order valence-electron chi connectivity index (χ1n) is 5.82. The second-order valence-corrected chi connectivity index (χ2v) is 6.01. The van der Waals surface area contributed by atoms with E-state index in [1.807, 2.05) is 6.92 Å². The minimum atomic E-state index is -3.64. The number of anilines is 1. The maximum Gasteiger partial charge on any atom is 0.241 e. The van der Waals surface area contributed by atoms with Gasteiger partial charge in [0, 0.05) is 11.7 Å². The molecular weight excluding hydrogens is 252 g/mol. The summed E-state index contributed by atoms with van der Waals surface area (Å²) in [5, 5.41) is 9.05. The summed E-state index contributed by atoms with van der Waals surface area (Å²) in [6.07, 6.45) is 0.524. The maximum atomic E-state index is 12.2. The summed E-state index contributed by atoms with van der Waals surface area (Å²) in [4.78, 5) is 0.164. The number of aryl methyl sites for hydroxylation is 1. The molecule has 18 heavy (non-hydrogen) atoms. The molecule has 102 valence electrons. The van der Waals surface area contributed by atoms with Gasteiger partial charge in [0.2, 0.25) is 10.0 Å². The van der Waals surface area contributed by atoms with Crippen molar-refractivity contribution in [2.75, 3.05) is 12.3 Å². The molecule has 0 saturated carbocycles. The quantitative estimate of drug-likeness (QED) is 0.695. The topological polar surface area (TPSA) is 92.4 Å². The van der Waals surface area contributed by atoms with Gasteiger partial charge < -0.3 is 10.8 Å². The molecule has 4 N–H and O–H groups in total. The van der Waals surface area contributed by atoms with E-state index in [1.54, 1.807) is 19.9 Å². The predicted octanol–water partition coefficient (Wildman–Crippen LogP) is 0.935. The number of aliphatic hydroxyl groups excluding tert-OH is 1. The average molecular weight is 272 g/mol. The van der Waals surface area contributed by atoms with Crippen LogP contribution in [0, 0.1) is 13.8 Å². The smallest absolute Gasteiger partial charge is 0.241 e. The normalized spacial score (nSPS) is 13.6. The van der Waals surface area contributed by atoms with Gasteiger partial charge in [-0.3, -0.25) is 0 Å². The molecule has 5 nitrogen and oxygen atoms in total. The Kier molecular flexibility index (Phi) is 4.72. The van der Waals surface area contributed by atoms with Crippen LogP contribution in [0.3, 0.4) is 0 Å². The van der Waals surface area contributed by atoms with E-state index in [9.17, 15) is 8.42 Å². The fourth-order valence-corrected chi connectivity index (χ4v) is 3.23. The first-order valence-corrected chi connectivity index (χ1v) is 7.30. The number of benzene rings is 1. The van der Waals surface area contributed by atoms with Crippen LogP contribution in [-0.4, -0.2) is 26.2 Å². The number of aliphatic hydroxyl groups is 1. The number of nitrogens with two attached hydrogens (primary N) is 1. The van der Waals surface area contributed by atoms with E-state index in [-0.39, 0.29) is 11.5 Å². The zero-order chi connectivity index (χ0) is 13.9. The maximum absolute atomic E-state index is 12.2. The van der Waals surface area contributed by atoms with Crippen LogP contribution in [0.5, 0.6) is 0 Å². The van der Waals surface area contributed by atoms with Crippen molar-refractivity contribution >= 4 is 15.7 Å². The van der Waals surface area contributed by atoms with E-state index in [0.29, 0.717) is 17.7 Å². The number of sulfonamides is 1. The van der Waals surface area contributed by atoms with Crippen LogP contribution < -0.4 is 10.5 Å². The Bertz CT molecular complexity index is 522. The fourth-order valence-electron chi connectivity index (χ4n) is 1.67. The molecular formula is C12H20N2O3S. The monoisotopic (exact) mass is 272 g/mol. The molecule has 0 heterocycles. The second kappa shape index (κ2) is 5.69. The highest BCUT2D eigenvalue weighted by atomic mass is 32.2. The van der Waals surface area contributed by atoms with Crippen LogP contribution in [-0.2, 0) is 10.0 Å². The number of nitrogen functional groups attached to an aromatic ring is 1. The highest BCUT2D eigenvalue weighted by molar-refractivity contribution is 7.89. The van der Waals surface area contributed by atoms with Gasteiger partial charge in [-0.25, -0.2) is 13.1 Å². The summed E-state index contributed by atoms with van der Waals surface area (Å²) in [6, 6.07) is 2.74. The van der Waals surface area contributed by atoms with Gasteiger partial charge in [0.05, 0.1) is 11.5 Å². The van der Waals surface area contributed by atoms with Crippen LogP contribution in [0.2, 0.25) is 0 Å². The van der Waals surface area contributed by atoms with Gasteiger partial charge >= 0.3 is 0 Å². The van der Waals surface area contributed by atoms with Crippen LogP contribution >= 0.6 is 0 Å². The van der Waals surface area contributed by atoms with Gasteiger partial charge in [0.25, 0.3) is 0 Å². The number of nitrogens with one attached hydrogen (secondary N) is 1. The molecule has 1 atom stereocenters. The standard InChI is InChI=1S/C12H20N2O3S/c1-4-10(7-15)14-18(16,17)11-6-5-8(2)12(13)9(11)3/h5-6,10,14-15H,4,7,13H2,1-3H3/t10-/m0/s1. The summed E-state index contributed by atoms with van der Waals surface area (Å²) in [5.74, 6) is 0. The Morgan fingerprint density at radius 2 is 2.00 bits per heavy atom. The Labute approximate surface area is 108 Å². The van der Waals surface area contributed by atoms with E-state index in [4.69, 9.17) is 10.8 Å². The van der Waals surface area contributed by atoms with Crippen molar-refractivity contribution in [3.8, 4) is 0 Å². The minimum Gasteiger partial charge on any atom is -0.398 e. The van der Waals surface area contributed by atoms with Crippen LogP contribution in [0.4, 0.5) is 5.69 Å². The van der Waals surface area contributed by atoms with E-state index in [0.717, 1.165) is 5.56 Å². The highest BCUT2D eigenvalue weighted by Gasteiger charge is 2.21. The predicted molar refractivity (Wildman–Crippen MR) is 71.8 cm³/mol. The first-order chi connectivity index (χ1) is 8.33. The summed E-state index contributed by atoms with van der Waals surface area (Å²) < 4.78 is 26.8. The molecule has 1 aromatic rings. The molecule has 0 saturated heterocycles. The lowest BCUT2D eigenvalue weighted by atomic mass is 10.1. The molecule has 1 aromatic carbocycles. The fraction of sp³-hybridized carbons (Fsp3) is 0.500. The van der Waals surface area contributed by atoms with Crippen LogP contribution in [0.25, 0.3) is 0 Å². The van der Waals surface area contributed by atoms with Gasteiger partial charge in [0.15, 0.2) is 0 Å². The van der Waals surface area contributed by atoms with E-state index in [1.165, 1.54) is 6.07 Å². The van der Waals surface area contributed by atoms with E-state index in [2.05, 4.69) is 4.72 Å². The molecule has 0 amide bonds. The van der Waals surface area contributed by atoms with Gasteiger partial charge in [-0.1, -0.05) is 13.0 Å². The zero-order valence-electron chi connectivity index (χ0n) is 10.9. The third-order valence-corrected chi connectivity index (χ3v) is 4.67. The van der Waals surface area contributed by atoms with Crippen molar-refractivity contribution < 1.29 is 13.5 Å². The lowest BCUT2D eigenvalue weighted by Crippen LogP contribution is -2.37. The Morgan fingerprint density at radius 1 is 1.39 bits per heavy atom. The minimum absolute atomic E-state index is 0.164. The van der Waals surface area contributed by atoms with Gasteiger partial charge in [-0.15, -0.1) is 0 Å². The summed E-state index contributed by atoms with van der Waals surface area (Å²) in [7, 11) is -3.64. The Morgan fingerprint density at radius 3 is 2.50 bits per heavy atom. The lowest BCUT2D eigenvalue weighted by molar-refractivity contribution is 0.254. The third-order valence-electron chi connectivity index (χ3n) is 3.01. The van der Waals surface area contributed by atoms with Crippen molar-refractivity contribution in [1.82, 2.24) is 4.72 Å². The molecule has 6 heteroatoms. The molecule has 0 unspecified atom stereocenters. The van der Waals surface area contributed by atoms with Crippen LogP contribution in [0.15, 0.2) is 17.0 Å². The van der Waals surface area contributed by atoms with Crippen LogP contribution in [0.1, 0.15) is 24.5 Å². The van der Waals surface area contributed by atoms with Gasteiger partial charge in [-0.05, 0) is 37.5 Å². The molecule has 0 spiro atoms. The molecule has 0 aliphatic rings. The summed E-state index contributed by atoms with van der Waals surface area (Å²) >= 11 is 0. The average Bonchev–Trinajstić information content (AvgIpc) is 2.32. The number of rotatable bonds is 5. The lowest BCUT2D eigenvalue weighted by Gasteiger charge is -2.17. The van der Waals surface area contributed by atoms with Crippen molar-refractivity contribution in [2.24, 2.45) is 0 Å². The second-order valence-electron chi connectivity index (χ2n) is 4.33. The third kappa shape index (κ3) is 3.01. The zero-order valence-corrected chi connectivity index (χ0v) is 11.7. The van der Waals surface area contributed by atoms with Crippen molar-refractivity contribution in [1.29, 1.82) is 0 Å². The molecule has 1 rings (SSSR count). The largest absolute Gasteiger partial charge is 0.398 e. The summed E-state index contributed by atoms with van der Waals surface area (Å²) in [5.41, 5.74) is 7.70. The molecule has 0 fully saturated rings. The molecule has 0 aliphatic carbocycles. The first kappa shape index (κ1) is 14.9. The number of hydrogen-bond acceptors (Lipinski definition) is 4. The van der Waals surface area contributed by atoms with Gasteiger partial charge in [-0.2, -0.15) is 0 Å². The molecule has 0 aliphatic heterocycles. The molecule has 0 radical (unpaired) electrons. The Balaban J connectivity index is 3.17. The van der Waals surface area contributed by atoms with Crippen molar-refractivity contribution in [2.45, 2.75) is 38.1 Å². The molecule has 0 aromatic heterocycles. The van der Waals surface area contributed by atoms with E-state index >= 15 is 0 Å². The van der Waals surface area contributed by atoms with Gasteiger partial charge in [0.1, 0.15) is 0 Å². The van der Waals surface area contributed by atoms with Crippen molar-refractivity contribution in [3.63, 3.8) is 0 Å². The molecule has 0 bridgehead atoms. The van der Waals surface area contributed by atoms with E-state index < -0.39 is 16.1 Å². The SMILES string of the molecule is CC[C@@H](CO)NS(=O)(=O)c1ccc(C)c(N)c1C. The summed E-state index contributed by atoms with van der Waals surface area (Å²) in [6.45, 7) is 5.08. The van der Waals surface area contributed by atoms with Crippen molar-refractivity contribution in [3.05, 3.63) is 23.3 Å².